The van der Waals surface area contributed by atoms with Gasteiger partial charge in [0.2, 0.25) is 0 Å². The highest BCUT2D eigenvalue weighted by Crippen LogP contribution is 2.28. The summed E-state index contributed by atoms with van der Waals surface area (Å²) in [6.45, 7) is 1.83. The number of benzene rings is 1. The average Bonchev–Trinajstić information content (AvgIpc) is 2.60. The van der Waals surface area contributed by atoms with E-state index in [9.17, 15) is 9.90 Å². The molecule has 0 spiro atoms. The second-order valence-corrected chi connectivity index (χ2v) is 5.90. The lowest BCUT2D eigenvalue weighted by molar-refractivity contribution is -0.138. The highest BCUT2D eigenvalue weighted by Gasteiger charge is 2.24. The number of aryl methyl sites for hydroxylation is 2. The van der Waals surface area contributed by atoms with Gasteiger partial charge in [0.25, 0.3) is 0 Å². The van der Waals surface area contributed by atoms with Crippen LogP contribution in [0.2, 0.25) is 5.15 Å². The number of rotatable bonds is 4. The molecule has 0 aliphatic heterocycles. The van der Waals surface area contributed by atoms with Gasteiger partial charge >= 0.3 is 5.97 Å². The highest BCUT2D eigenvalue weighted by atomic mass is 79.9. The molecule has 1 N–H and O–H groups in total. The van der Waals surface area contributed by atoms with Crippen LogP contribution in [-0.2, 0) is 18.3 Å². The molecule has 0 saturated heterocycles. The van der Waals surface area contributed by atoms with Gasteiger partial charge in [-0.1, -0.05) is 39.7 Å². The van der Waals surface area contributed by atoms with Crippen molar-refractivity contribution >= 4 is 33.5 Å². The van der Waals surface area contributed by atoms with Gasteiger partial charge < -0.3 is 5.11 Å². The zero-order valence-corrected chi connectivity index (χ0v) is 13.4. The molecular weight excluding hydrogens is 344 g/mol. The Hall–Kier alpha value is -1.33. The van der Waals surface area contributed by atoms with Crippen molar-refractivity contribution in [2.75, 3.05) is 0 Å². The number of carboxylic acids is 1. The first-order valence-electron chi connectivity index (χ1n) is 6.06. The van der Waals surface area contributed by atoms with Crippen LogP contribution >= 0.6 is 27.5 Å². The number of carbonyl (C=O) groups is 1. The number of halogens is 2. The summed E-state index contributed by atoms with van der Waals surface area (Å²) in [7, 11) is 1.74. The third-order valence-electron chi connectivity index (χ3n) is 3.23. The smallest absolute Gasteiger partial charge is 0.311 e. The fraction of sp³-hybridized carbons (Fsp3) is 0.286. The Morgan fingerprint density at radius 3 is 2.75 bits per heavy atom. The molecular formula is C14H14BrClN2O2. The van der Waals surface area contributed by atoms with Gasteiger partial charge in [0.1, 0.15) is 5.15 Å². The lowest BCUT2D eigenvalue weighted by atomic mass is 9.92. The van der Waals surface area contributed by atoms with E-state index in [4.69, 9.17) is 11.6 Å². The second kappa shape index (κ2) is 5.97. The van der Waals surface area contributed by atoms with E-state index in [1.54, 1.807) is 11.7 Å². The number of hydrogen-bond donors (Lipinski definition) is 1. The van der Waals surface area contributed by atoms with Gasteiger partial charge in [-0.2, -0.15) is 5.10 Å². The van der Waals surface area contributed by atoms with Gasteiger partial charge in [0.05, 0.1) is 11.6 Å². The minimum absolute atomic E-state index is 0.324. The normalized spacial score (nSPS) is 12.4. The van der Waals surface area contributed by atoms with Crippen LogP contribution in [0.4, 0.5) is 0 Å². The zero-order chi connectivity index (χ0) is 14.9. The predicted molar refractivity (Wildman–Crippen MR) is 81.2 cm³/mol. The maximum Gasteiger partial charge on any atom is 0.311 e. The Bertz CT molecular complexity index is 655. The van der Waals surface area contributed by atoms with E-state index in [0.29, 0.717) is 11.6 Å². The summed E-state index contributed by atoms with van der Waals surface area (Å²) in [6.07, 6.45) is 0.324. The summed E-state index contributed by atoms with van der Waals surface area (Å²) in [5.41, 5.74) is 2.28. The molecule has 0 aliphatic carbocycles. The number of hydrogen-bond acceptors (Lipinski definition) is 2. The van der Waals surface area contributed by atoms with Crippen LogP contribution in [0.5, 0.6) is 0 Å². The lowest BCUT2D eigenvalue weighted by Gasteiger charge is -2.13. The van der Waals surface area contributed by atoms with E-state index in [2.05, 4.69) is 21.0 Å². The van der Waals surface area contributed by atoms with Gasteiger partial charge in [-0.3, -0.25) is 9.48 Å². The molecule has 0 radical (unpaired) electrons. The molecule has 1 unspecified atom stereocenters. The molecule has 1 aromatic carbocycles. The van der Waals surface area contributed by atoms with Crippen molar-refractivity contribution in [3.05, 3.63) is 50.7 Å². The maximum atomic E-state index is 11.6. The van der Waals surface area contributed by atoms with Crippen molar-refractivity contribution < 1.29 is 9.90 Å². The molecule has 106 valence electrons. The van der Waals surface area contributed by atoms with E-state index in [1.165, 1.54) is 0 Å². The summed E-state index contributed by atoms with van der Waals surface area (Å²) >= 11 is 9.54. The lowest BCUT2D eigenvalue weighted by Crippen LogP contribution is -2.15. The fourth-order valence-corrected chi connectivity index (χ4v) is 2.85. The first kappa shape index (κ1) is 15.1. The molecule has 1 heterocycles. The van der Waals surface area contributed by atoms with E-state index < -0.39 is 11.9 Å². The Morgan fingerprint density at radius 2 is 2.25 bits per heavy atom. The van der Waals surface area contributed by atoms with Gasteiger partial charge in [0.15, 0.2) is 0 Å². The molecule has 4 nitrogen and oxygen atoms in total. The number of carboxylic acid groups (broad SMARTS) is 1. The summed E-state index contributed by atoms with van der Waals surface area (Å²) < 4.78 is 2.42. The van der Waals surface area contributed by atoms with Crippen molar-refractivity contribution in [3.63, 3.8) is 0 Å². The van der Waals surface area contributed by atoms with Gasteiger partial charge in [-0.15, -0.1) is 0 Å². The minimum Gasteiger partial charge on any atom is -0.481 e. The standard InChI is InChI=1S/C14H14BrClN2O2/c1-8-11(13(16)18(2)17-8)7-12(14(19)20)9-4-3-5-10(15)6-9/h3-6,12H,7H2,1-2H3,(H,19,20). The molecule has 0 aliphatic rings. The molecule has 6 heteroatoms. The first-order valence-corrected chi connectivity index (χ1v) is 7.23. The molecule has 0 amide bonds. The quantitative estimate of drug-likeness (QED) is 0.910. The fourth-order valence-electron chi connectivity index (χ4n) is 2.18. The van der Waals surface area contributed by atoms with Crippen molar-refractivity contribution in [2.24, 2.45) is 7.05 Å². The topological polar surface area (TPSA) is 55.1 Å². The summed E-state index contributed by atoms with van der Waals surface area (Å²) in [5, 5.41) is 14.2. The molecule has 2 rings (SSSR count). The second-order valence-electron chi connectivity index (χ2n) is 4.63. The molecule has 2 aromatic rings. The van der Waals surface area contributed by atoms with Crippen LogP contribution in [0.15, 0.2) is 28.7 Å². The van der Waals surface area contributed by atoms with Crippen molar-refractivity contribution in [1.82, 2.24) is 9.78 Å². The van der Waals surface area contributed by atoms with E-state index >= 15 is 0 Å². The Morgan fingerprint density at radius 1 is 1.55 bits per heavy atom. The van der Waals surface area contributed by atoms with Crippen molar-refractivity contribution in [2.45, 2.75) is 19.3 Å². The SMILES string of the molecule is Cc1nn(C)c(Cl)c1CC(C(=O)O)c1cccc(Br)c1. The van der Waals surface area contributed by atoms with Crippen molar-refractivity contribution in [1.29, 1.82) is 0 Å². The number of aliphatic carboxylic acids is 1. The van der Waals surface area contributed by atoms with E-state index in [0.717, 1.165) is 21.3 Å². The molecule has 0 fully saturated rings. The van der Waals surface area contributed by atoms with Crippen LogP contribution in [0, 0.1) is 6.92 Å². The molecule has 1 aromatic heterocycles. The predicted octanol–water partition coefficient (Wildman–Crippen LogP) is 3.56. The van der Waals surface area contributed by atoms with Crippen molar-refractivity contribution in [3.8, 4) is 0 Å². The Balaban J connectivity index is 2.38. The van der Waals surface area contributed by atoms with E-state index in [-0.39, 0.29) is 0 Å². The molecule has 0 saturated carbocycles. The third kappa shape index (κ3) is 3.04. The number of nitrogens with zero attached hydrogens (tertiary/aromatic N) is 2. The van der Waals surface area contributed by atoms with Gasteiger partial charge in [-0.25, -0.2) is 0 Å². The van der Waals surface area contributed by atoms with Crippen LogP contribution in [0.25, 0.3) is 0 Å². The largest absolute Gasteiger partial charge is 0.481 e. The summed E-state index contributed by atoms with van der Waals surface area (Å²) in [4.78, 5) is 11.6. The van der Waals surface area contributed by atoms with Crippen LogP contribution in [0.3, 0.4) is 0 Å². The van der Waals surface area contributed by atoms with E-state index in [1.807, 2.05) is 31.2 Å². The summed E-state index contributed by atoms with van der Waals surface area (Å²) in [5.74, 6) is -1.52. The molecule has 20 heavy (non-hydrogen) atoms. The maximum absolute atomic E-state index is 11.6. The highest BCUT2D eigenvalue weighted by molar-refractivity contribution is 9.10. The zero-order valence-electron chi connectivity index (χ0n) is 11.1. The first-order chi connectivity index (χ1) is 9.40. The molecule has 0 bridgehead atoms. The number of aromatic nitrogens is 2. The molecule has 1 atom stereocenters. The van der Waals surface area contributed by atoms with Crippen LogP contribution in [0.1, 0.15) is 22.7 Å². The summed E-state index contributed by atoms with van der Waals surface area (Å²) in [6, 6.07) is 7.32. The minimum atomic E-state index is -0.873. The Labute approximate surface area is 130 Å². The monoisotopic (exact) mass is 356 g/mol. The third-order valence-corrected chi connectivity index (χ3v) is 4.19. The van der Waals surface area contributed by atoms with Crippen LogP contribution in [-0.4, -0.2) is 20.9 Å². The Kier molecular flexibility index (Phi) is 4.50. The van der Waals surface area contributed by atoms with Crippen LogP contribution < -0.4 is 0 Å². The van der Waals surface area contributed by atoms with Gasteiger partial charge in [0, 0.05) is 17.1 Å². The van der Waals surface area contributed by atoms with Gasteiger partial charge in [-0.05, 0) is 31.0 Å². The average molecular weight is 358 g/mol.